The molecule has 0 fully saturated rings. The molecule has 0 heterocycles. The molecular weight excluding hydrogens is 336 g/mol. The minimum absolute atomic E-state index is 0.108. The number of rotatable bonds is 7. The lowest BCUT2D eigenvalue weighted by Gasteiger charge is -2.16. The van der Waals surface area contributed by atoms with Crippen LogP contribution < -0.4 is 5.32 Å². The zero-order chi connectivity index (χ0) is 15.8. The summed E-state index contributed by atoms with van der Waals surface area (Å²) in [7, 11) is 1.80. The van der Waals surface area contributed by atoms with E-state index >= 15 is 0 Å². The van der Waals surface area contributed by atoms with Crippen LogP contribution in [0.25, 0.3) is 0 Å². The first-order chi connectivity index (χ1) is 9.92. The molecule has 0 bridgehead atoms. The molecule has 0 aliphatic carbocycles. The highest BCUT2D eigenvalue weighted by Crippen LogP contribution is 2.19. The average molecular weight is 357 g/mol. The molecule has 116 valence electrons. The number of hydrogen-bond acceptors (Lipinski definition) is 4. The molecule has 0 unspecified atom stereocenters. The predicted molar refractivity (Wildman–Crippen MR) is 86.3 cm³/mol. The Hall–Kier alpha value is -1.40. The Morgan fingerprint density at radius 2 is 2.10 bits per heavy atom. The molecule has 0 atom stereocenters. The summed E-state index contributed by atoms with van der Waals surface area (Å²) >= 11 is 3.42. The third-order valence-electron chi connectivity index (χ3n) is 2.86. The average Bonchev–Trinajstić information content (AvgIpc) is 2.41. The molecule has 1 aromatic rings. The standard InChI is InChI=1S/C15H21BrN2O3/c1-4-21-15(20)7-8-18(3)10-14(19)17-12-5-6-13(16)11(2)9-12/h5-6,9H,4,7-8,10H2,1-3H3,(H,17,19). The van der Waals surface area contributed by atoms with Crippen LogP contribution in [-0.4, -0.2) is 43.5 Å². The van der Waals surface area contributed by atoms with Gasteiger partial charge in [-0.2, -0.15) is 0 Å². The molecule has 1 rings (SSSR count). The minimum Gasteiger partial charge on any atom is -0.466 e. The molecular formula is C15H21BrN2O3. The molecule has 0 aromatic heterocycles. The van der Waals surface area contributed by atoms with E-state index in [1.807, 2.05) is 25.1 Å². The van der Waals surface area contributed by atoms with Crippen LogP contribution in [-0.2, 0) is 14.3 Å². The van der Waals surface area contributed by atoms with Crippen molar-refractivity contribution < 1.29 is 14.3 Å². The van der Waals surface area contributed by atoms with E-state index < -0.39 is 0 Å². The van der Waals surface area contributed by atoms with Crippen molar-refractivity contribution in [3.8, 4) is 0 Å². The zero-order valence-electron chi connectivity index (χ0n) is 12.6. The first kappa shape index (κ1) is 17.7. The third kappa shape index (κ3) is 6.73. The molecule has 1 N–H and O–H groups in total. The van der Waals surface area contributed by atoms with Gasteiger partial charge in [0.1, 0.15) is 0 Å². The van der Waals surface area contributed by atoms with E-state index in [4.69, 9.17) is 4.74 Å². The Kier molecular flexibility index (Phi) is 7.39. The number of amides is 1. The molecule has 6 heteroatoms. The largest absolute Gasteiger partial charge is 0.466 e. The molecule has 1 aromatic carbocycles. The molecule has 1 amide bonds. The number of nitrogens with zero attached hydrogens (tertiary/aromatic N) is 1. The summed E-state index contributed by atoms with van der Waals surface area (Å²) < 4.78 is 5.85. The number of aryl methyl sites for hydroxylation is 1. The van der Waals surface area contributed by atoms with Gasteiger partial charge < -0.3 is 10.1 Å². The topological polar surface area (TPSA) is 58.6 Å². The van der Waals surface area contributed by atoms with Crippen LogP contribution in [0.2, 0.25) is 0 Å². The van der Waals surface area contributed by atoms with Crippen molar-refractivity contribution in [3.05, 3.63) is 28.2 Å². The Labute approximate surface area is 133 Å². The van der Waals surface area contributed by atoms with Gasteiger partial charge in [-0.05, 0) is 44.7 Å². The lowest BCUT2D eigenvalue weighted by atomic mass is 10.2. The summed E-state index contributed by atoms with van der Waals surface area (Å²) in [6, 6.07) is 5.64. The summed E-state index contributed by atoms with van der Waals surface area (Å²) in [4.78, 5) is 24.9. The number of carbonyl (C=O) groups is 2. The highest BCUT2D eigenvalue weighted by Gasteiger charge is 2.10. The van der Waals surface area contributed by atoms with Gasteiger partial charge in [-0.15, -0.1) is 0 Å². The quantitative estimate of drug-likeness (QED) is 0.762. The van der Waals surface area contributed by atoms with E-state index in [2.05, 4.69) is 21.2 Å². The van der Waals surface area contributed by atoms with Gasteiger partial charge in [0.2, 0.25) is 5.91 Å². The van der Waals surface area contributed by atoms with Crippen molar-refractivity contribution >= 4 is 33.5 Å². The third-order valence-corrected chi connectivity index (χ3v) is 3.75. The number of likely N-dealkylation sites (N-methyl/N-ethyl adjacent to an activating group) is 1. The predicted octanol–water partition coefficient (Wildman–Crippen LogP) is 2.58. The first-order valence-corrected chi connectivity index (χ1v) is 7.61. The molecule has 21 heavy (non-hydrogen) atoms. The highest BCUT2D eigenvalue weighted by molar-refractivity contribution is 9.10. The van der Waals surface area contributed by atoms with Gasteiger partial charge in [0, 0.05) is 16.7 Å². The summed E-state index contributed by atoms with van der Waals surface area (Å²) in [6.45, 7) is 4.84. The van der Waals surface area contributed by atoms with Gasteiger partial charge in [-0.25, -0.2) is 0 Å². The Morgan fingerprint density at radius 1 is 1.38 bits per heavy atom. The maximum absolute atomic E-state index is 11.9. The Balaban J connectivity index is 2.38. The summed E-state index contributed by atoms with van der Waals surface area (Å²) in [5.41, 5.74) is 1.82. The Bertz CT molecular complexity index is 506. The van der Waals surface area contributed by atoms with Crippen molar-refractivity contribution in [2.45, 2.75) is 20.3 Å². The molecule has 5 nitrogen and oxygen atoms in total. The molecule has 0 saturated carbocycles. The SMILES string of the molecule is CCOC(=O)CCN(C)CC(=O)Nc1ccc(Br)c(C)c1. The molecule has 0 aliphatic rings. The smallest absolute Gasteiger partial charge is 0.307 e. The maximum Gasteiger partial charge on any atom is 0.307 e. The number of halogens is 1. The number of nitrogens with one attached hydrogen (secondary N) is 1. The number of benzene rings is 1. The van der Waals surface area contributed by atoms with Crippen molar-refractivity contribution in [2.75, 3.05) is 32.1 Å². The van der Waals surface area contributed by atoms with Crippen LogP contribution in [0.1, 0.15) is 18.9 Å². The first-order valence-electron chi connectivity index (χ1n) is 6.82. The van der Waals surface area contributed by atoms with Gasteiger partial charge in [0.05, 0.1) is 19.6 Å². The fourth-order valence-corrected chi connectivity index (χ4v) is 2.01. The summed E-state index contributed by atoms with van der Waals surface area (Å²) in [5, 5.41) is 2.84. The van der Waals surface area contributed by atoms with Crippen LogP contribution in [0, 0.1) is 6.92 Å². The van der Waals surface area contributed by atoms with Crippen LogP contribution >= 0.6 is 15.9 Å². The van der Waals surface area contributed by atoms with Crippen LogP contribution in [0.15, 0.2) is 22.7 Å². The van der Waals surface area contributed by atoms with Crippen molar-refractivity contribution in [1.82, 2.24) is 4.90 Å². The van der Waals surface area contributed by atoms with E-state index in [-0.39, 0.29) is 24.8 Å². The monoisotopic (exact) mass is 356 g/mol. The molecule has 0 radical (unpaired) electrons. The van der Waals surface area contributed by atoms with E-state index in [0.29, 0.717) is 13.2 Å². The van der Waals surface area contributed by atoms with Crippen LogP contribution in [0.4, 0.5) is 5.69 Å². The second kappa shape index (κ2) is 8.79. The normalized spacial score (nSPS) is 10.5. The van der Waals surface area contributed by atoms with Gasteiger partial charge in [-0.1, -0.05) is 15.9 Å². The minimum atomic E-state index is -0.242. The van der Waals surface area contributed by atoms with E-state index in [1.165, 1.54) is 0 Å². The lowest BCUT2D eigenvalue weighted by molar-refractivity contribution is -0.143. The molecule has 0 aliphatic heterocycles. The lowest BCUT2D eigenvalue weighted by Crippen LogP contribution is -2.32. The van der Waals surface area contributed by atoms with E-state index in [0.717, 1.165) is 15.7 Å². The number of hydrogen-bond donors (Lipinski definition) is 1. The molecule has 0 spiro atoms. The van der Waals surface area contributed by atoms with E-state index in [1.54, 1.807) is 18.9 Å². The second-order valence-electron chi connectivity index (χ2n) is 4.80. The fraction of sp³-hybridized carbons (Fsp3) is 0.467. The van der Waals surface area contributed by atoms with Gasteiger partial charge in [0.25, 0.3) is 0 Å². The van der Waals surface area contributed by atoms with Crippen molar-refractivity contribution in [1.29, 1.82) is 0 Å². The summed E-state index contributed by atoms with van der Waals surface area (Å²) in [6.07, 6.45) is 0.287. The molecule has 0 saturated heterocycles. The van der Waals surface area contributed by atoms with Gasteiger partial charge in [-0.3, -0.25) is 14.5 Å². The van der Waals surface area contributed by atoms with Crippen LogP contribution in [0.5, 0.6) is 0 Å². The second-order valence-corrected chi connectivity index (χ2v) is 5.66. The Morgan fingerprint density at radius 3 is 2.71 bits per heavy atom. The van der Waals surface area contributed by atoms with Gasteiger partial charge in [0.15, 0.2) is 0 Å². The summed E-state index contributed by atoms with van der Waals surface area (Å²) in [5.74, 6) is -0.351. The maximum atomic E-state index is 11.9. The van der Waals surface area contributed by atoms with E-state index in [9.17, 15) is 9.59 Å². The number of ether oxygens (including phenoxy) is 1. The van der Waals surface area contributed by atoms with Gasteiger partial charge >= 0.3 is 5.97 Å². The van der Waals surface area contributed by atoms with Crippen LogP contribution in [0.3, 0.4) is 0 Å². The number of anilines is 1. The highest BCUT2D eigenvalue weighted by atomic mass is 79.9. The zero-order valence-corrected chi connectivity index (χ0v) is 14.2. The van der Waals surface area contributed by atoms with Crippen molar-refractivity contribution in [3.63, 3.8) is 0 Å². The fourth-order valence-electron chi connectivity index (χ4n) is 1.76. The number of carbonyl (C=O) groups excluding carboxylic acids is 2. The number of esters is 1. The van der Waals surface area contributed by atoms with Crippen molar-refractivity contribution in [2.24, 2.45) is 0 Å².